The fraction of sp³-hybridized carbons (Fsp3) is 0.333. The van der Waals surface area contributed by atoms with Gasteiger partial charge in [0, 0.05) is 53.2 Å². The van der Waals surface area contributed by atoms with Gasteiger partial charge in [0.05, 0.1) is 0 Å². The lowest BCUT2D eigenvalue weighted by atomic mass is 9.86. The van der Waals surface area contributed by atoms with Crippen LogP contribution in [0.1, 0.15) is 55.3 Å². The summed E-state index contributed by atoms with van der Waals surface area (Å²) in [6, 6.07) is 6.30. The first kappa shape index (κ1) is 18.3. The van der Waals surface area contributed by atoms with E-state index in [-0.39, 0.29) is 6.54 Å². The summed E-state index contributed by atoms with van der Waals surface area (Å²) in [5.41, 5.74) is 1.38. The third-order valence-electron chi connectivity index (χ3n) is 5.25. The topological polar surface area (TPSA) is 86.8 Å². The minimum Gasteiger partial charge on any atom is -0.315 e. The second kappa shape index (κ2) is 6.53. The van der Waals surface area contributed by atoms with Crippen molar-refractivity contribution in [2.24, 2.45) is 5.92 Å². The Bertz CT molecular complexity index is 987. The van der Waals surface area contributed by atoms with Crippen LogP contribution in [0.3, 0.4) is 0 Å². The summed E-state index contributed by atoms with van der Waals surface area (Å²) in [6.07, 6.45) is 0. The van der Waals surface area contributed by atoms with Crippen molar-refractivity contribution in [3.8, 4) is 0 Å². The maximum absolute atomic E-state index is 13.0. The zero-order valence-electron chi connectivity index (χ0n) is 16.0. The zero-order chi connectivity index (χ0) is 20.2. The molecular formula is C21H21N3O4. The highest BCUT2D eigenvalue weighted by Gasteiger charge is 2.38. The van der Waals surface area contributed by atoms with E-state index < -0.39 is 23.6 Å². The van der Waals surface area contributed by atoms with Crippen LogP contribution in [0.25, 0.3) is 10.8 Å². The Balaban J connectivity index is 1.79. The minimum atomic E-state index is -0.429. The first-order chi connectivity index (χ1) is 13.3. The molecule has 0 saturated heterocycles. The quantitative estimate of drug-likeness (QED) is 0.633. The van der Waals surface area contributed by atoms with E-state index in [4.69, 9.17) is 0 Å². The molecule has 0 spiro atoms. The Morgan fingerprint density at radius 3 is 1.64 bits per heavy atom. The molecule has 0 atom stereocenters. The Kier molecular flexibility index (Phi) is 4.27. The van der Waals surface area contributed by atoms with Gasteiger partial charge in [-0.15, -0.1) is 0 Å². The molecule has 2 heterocycles. The van der Waals surface area contributed by atoms with Gasteiger partial charge >= 0.3 is 0 Å². The zero-order valence-corrected chi connectivity index (χ0v) is 16.0. The van der Waals surface area contributed by atoms with E-state index in [1.165, 1.54) is 11.9 Å². The van der Waals surface area contributed by atoms with Crippen LogP contribution in [-0.4, -0.2) is 60.1 Å². The van der Waals surface area contributed by atoms with Gasteiger partial charge < -0.3 is 5.32 Å². The van der Waals surface area contributed by atoms with Gasteiger partial charge in [0.2, 0.25) is 0 Å². The van der Waals surface area contributed by atoms with E-state index in [1.807, 2.05) is 0 Å². The third kappa shape index (κ3) is 2.54. The van der Waals surface area contributed by atoms with Crippen molar-refractivity contribution in [3.05, 3.63) is 46.5 Å². The van der Waals surface area contributed by atoms with Crippen LogP contribution in [-0.2, 0) is 0 Å². The summed E-state index contributed by atoms with van der Waals surface area (Å²) in [5, 5.41) is 4.05. The normalized spacial score (nSPS) is 16.0. The maximum Gasteiger partial charge on any atom is 0.261 e. The van der Waals surface area contributed by atoms with E-state index >= 15 is 0 Å². The Hall–Kier alpha value is -3.06. The molecule has 0 bridgehead atoms. The van der Waals surface area contributed by atoms with Crippen molar-refractivity contribution in [1.82, 2.24) is 15.1 Å². The molecule has 0 fully saturated rings. The molecule has 0 saturated carbocycles. The summed E-state index contributed by atoms with van der Waals surface area (Å²) in [7, 11) is 1.43. The van der Waals surface area contributed by atoms with Gasteiger partial charge in [-0.2, -0.15) is 0 Å². The highest BCUT2D eigenvalue weighted by Crippen LogP contribution is 2.37. The summed E-state index contributed by atoms with van der Waals surface area (Å²) in [6.45, 7) is 5.73. The highest BCUT2D eigenvalue weighted by molar-refractivity contribution is 6.33. The lowest BCUT2D eigenvalue weighted by Crippen LogP contribution is -2.45. The number of hydrogen-bond donors (Lipinski definition) is 1. The van der Waals surface area contributed by atoms with Gasteiger partial charge in [-0.3, -0.25) is 29.0 Å². The fourth-order valence-electron chi connectivity index (χ4n) is 3.83. The molecule has 7 nitrogen and oxygen atoms in total. The van der Waals surface area contributed by atoms with E-state index in [9.17, 15) is 19.2 Å². The molecule has 4 rings (SSSR count). The molecule has 0 aromatic heterocycles. The minimum absolute atomic E-state index is 0.259. The van der Waals surface area contributed by atoms with Gasteiger partial charge in [0.25, 0.3) is 23.6 Å². The number of nitrogens with one attached hydrogen (secondary N) is 1. The van der Waals surface area contributed by atoms with Gasteiger partial charge in [0.15, 0.2) is 0 Å². The van der Waals surface area contributed by atoms with Gasteiger partial charge in [-0.1, -0.05) is 13.8 Å². The molecule has 0 unspecified atom stereocenters. The Morgan fingerprint density at radius 1 is 0.786 bits per heavy atom. The molecule has 0 aliphatic carbocycles. The molecule has 2 aromatic carbocycles. The Labute approximate surface area is 162 Å². The first-order valence-corrected chi connectivity index (χ1v) is 9.32. The first-order valence-electron chi connectivity index (χ1n) is 9.32. The van der Waals surface area contributed by atoms with Crippen molar-refractivity contribution in [2.75, 3.05) is 26.7 Å². The number of hydrogen-bond acceptors (Lipinski definition) is 5. The average Bonchev–Trinajstić information content (AvgIpc) is 2.67. The van der Waals surface area contributed by atoms with Crippen molar-refractivity contribution in [3.63, 3.8) is 0 Å². The van der Waals surface area contributed by atoms with Crippen LogP contribution in [0.4, 0.5) is 0 Å². The molecular weight excluding hydrogens is 358 g/mol. The number of rotatable bonds is 5. The molecule has 4 amide bonds. The predicted octanol–water partition coefficient (Wildman–Crippen LogP) is 1.91. The largest absolute Gasteiger partial charge is 0.315 e. The second-order valence-corrected chi connectivity index (χ2v) is 7.60. The molecule has 2 aliphatic rings. The van der Waals surface area contributed by atoms with Crippen molar-refractivity contribution < 1.29 is 19.2 Å². The van der Waals surface area contributed by atoms with Crippen LogP contribution in [0.15, 0.2) is 24.3 Å². The number of nitrogens with zero attached hydrogens (tertiary/aromatic N) is 2. The SMILES string of the molecule is CC(C)CNCCN1C(=O)c2ccc3c4c(ccc(c24)C1=O)C(=O)N(C)C3=O. The van der Waals surface area contributed by atoms with E-state index in [0.29, 0.717) is 45.5 Å². The van der Waals surface area contributed by atoms with Crippen LogP contribution < -0.4 is 5.32 Å². The molecule has 7 heteroatoms. The van der Waals surface area contributed by atoms with Crippen LogP contribution in [0.5, 0.6) is 0 Å². The Morgan fingerprint density at radius 2 is 1.21 bits per heavy atom. The smallest absolute Gasteiger partial charge is 0.261 e. The van der Waals surface area contributed by atoms with Crippen LogP contribution in [0, 0.1) is 5.92 Å². The third-order valence-corrected chi connectivity index (χ3v) is 5.25. The number of imide groups is 2. The number of carbonyl (C=O) groups is 4. The van der Waals surface area contributed by atoms with E-state index in [1.54, 1.807) is 24.3 Å². The molecule has 28 heavy (non-hydrogen) atoms. The maximum atomic E-state index is 13.0. The summed E-state index contributed by atoms with van der Waals surface area (Å²) < 4.78 is 0. The molecule has 2 aromatic rings. The predicted molar refractivity (Wildman–Crippen MR) is 103 cm³/mol. The molecule has 144 valence electrons. The monoisotopic (exact) mass is 379 g/mol. The van der Waals surface area contributed by atoms with Crippen LogP contribution in [0.2, 0.25) is 0 Å². The van der Waals surface area contributed by atoms with Crippen molar-refractivity contribution in [1.29, 1.82) is 0 Å². The number of amides is 4. The summed E-state index contributed by atoms with van der Waals surface area (Å²) in [4.78, 5) is 53.3. The molecule has 0 radical (unpaired) electrons. The van der Waals surface area contributed by atoms with Crippen molar-refractivity contribution in [2.45, 2.75) is 13.8 Å². The highest BCUT2D eigenvalue weighted by atomic mass is 16.2. The number of benzene rings is 2. The van der Waals surface area contributed by atoms with E-state index in [2.05, 4.69) is 19.2 Å². The van der Waals surface area contributed by atoms with Crippen LogP contribution >= 0.6 is 0 Å². The van der Waals surface area contributed by atoms with Crippen molar-refractivity contribution >= 4 is 34.4 Å². The van der Waals surface area contributed by atoms with Gasteiger partial charge in [-0.25, -0.2) is 0 Å². The lowest BCUT2D eigenvalue weighted by molar-refractivity contribution is 0.0602. The summed E-state index contributed by atoms with van der Waals surface area (Å²) in [5.74, 6) is -1.18. The molecule has 1 N–H and O–H groups in total. The lowest BCUT2D eigenvalue weighted by Gasteiger charge is -2.30. The second-order valence-electron chi connectivity index (χ2n) is 7.60. The fourth-order valence-corrected chi connectivity index (χ4v) is 3.83. The van der Waals surface area contributed by atoms with E-state index in [0.717, 1.165) is 11.4 Å². The standard InChI is InChI=1S/C21H21N3O4/c1-11(2)10-22-8-9-24-20(27)14-6-4-12-16-13(19(26)23(3)18(12)25)5-7-15(17(14)16)21(24)28/h4-7,11,22H,8-10H2,1-3H3. The number of carbonyl (C=O) groups excluding carboxylic acids is 4. The summed E-state index contributed by atoms with van der Waals surface area (Å²) >= 11 is 0. The van der Waals surface area contributed by atoms with Gasteiger partial charge in [-0.05, 0) is 36.7 Å². The van der Waals surface area contributed by atoms with Gasteiger partial charge in [0.1, 0.15) is 0 Å². The average molecular weight is 379 g/mol. The molecule has 2 aliphatic heterocycles.